The molecule has 7 heteroatoms. The summed E-state index contributed by atoms with van der Waals surface area (Å²) in [7, 11) is 0. The summed E-state index contributed by atoms with van der Waals surface area (Å²) in [6.45, 7) is 5.79. The van der Waals surface area contributed by atoms with Crippen LogP contribution < -0.4 is 0 Å². The van der Waals surface area contributed by atoms with Crippen molar-refractivity contribution in [2.24, 2.45) is 11.8 Å². The smallest absolute Gasteiger partial charge is 0.410 e. The highest BCUT2D eigenvalue weighted by Crippen LogP contribution is 2.26. The van der Waals surface area contributed by atoms with E-state index in [1.54, 1.807) is 20.8 Å². The van der Waals surface area contributed by atoms with Crippen LogP contribution in [-0.4, -0.2) is 46.7 Å². The maximum Gasteiger partial charge on any atom is 0.410 e. The number of carbonyl (C=O) groups is 3. The molecule has 0 aromatic heterocycles. The van der Waals surface area contributed by atoms with E-state index in [1.165, 1.54) is 4.90 Å². The number of nitrogens with zero attached hydrogens (tertiary/aromatic N) is 1. The third kappa shape index (κ3) is 6.92. The predicted molar refractivity (Wildman–Crippen MR) is 97.9 cm³/mol. The monoisotopic (exact) mass is 377 g/mol. The lowest BCUT2D eigenvalue weighted by Crippen LogP contribution is -2.48. The molecule has 2 rings (SSSR count). The summed E-state index contributed by atoms with van der Waals surface area (Å²) in [4.78, 5) is 37.3. The molecule has 1 N–H and O–H groups in total. The maximum atomic E-state index is 12.3. The molecule has 0 spiro atoms. The molecule has 0 bridgehead atoms. The molecule has 0 radical (unpaired) electrons. The van der Waals surface area contributed by atoms with Crippen LogP contribution in [0.15, 0.2) is 30.3 Å². The first-order valence-electron chi connectivity index (χ1n) is 9.04. The number of carboxylic acids is 1. The highest BCUT2D eigenvalue weighted by atomic mass is 16.6. The molecule has 7 nitrogen and oxygen atoms in total. The minimum atomic E-state index is -0.981. The van der Waals surface area contributed by atoms with Crippen molar-refractivity contribution in [3.8, 4) is 0 Å². The van der Waals surface area contributed by atoms with Crippen molar-refractivity contribution >= 4 is 18.0 Å². The largest absolute Gasteiger partial charge is 0.481 e. The normalized spacial score (nSPS) is 20.0. The van der Waals surface area contributed by atoms with E-state index < -0.39 is 29.6 Å². The maximum absolute atomic E-state index is 12.3. The predicted octanol–water partition coefficient (Wildman–Crippen LogP) is 3.08. The van der Waals surface area contributed by atoms with Gasteiger partial charge in [-0.3, -0.25) is 9.59 Å². The average Bonchev–Trinajstić information content (AvgIpc) is 2.59. The molecular formula is C20H27NO6. The summed E-state index contributed by atoms with van der Waals surface area (Å²) >= 11 is 0. The van der Waals surface area contributed by atoms with E-state index in [-0.39, 0.29) is 32.0 Å². The molecule has 1 aliphatic rings. The van der Waals surface area contributed by atoms with Crippen LogP contribution in [-0.2, 0) is 25.7 Å². The summed E-state index contributed by atoms with van der Waals surface area (Å²) in [5, 5.41) is 9.38. The molecule has 1 aromatic rings. The summed E-state index contributed by atoms with van der Waals surface area (Å²) in [6.07, 6.45) is -0.165. The second-order valence-electron chi connectivity index (χ2n) is 7.87. The lowest BCUT2D eigenvalue weighted by Gasteiger charge is -2.36. The van der Waals surface area contributed by atoms with Gasteiger partial charge in [-0.25, -0.2) is 4.79 Å². The Bertz CT molecular complexity index is 667. The Labute approximate surface area is 159 Å². The number of hydrogen-bond acceptors (Lipinski definition) is 5. The van der Waals surface area contributed by atoms with Crippen molar-refractivity contribution in [1.82, 2.24) is 4.90 Å². The van der Waals surface area contributed by atoms with Crippen molar-refractivity contribution in [2.75, 3.05) is 13.1 Å². The molecule has 2 atom stereocenters. The minimum absolute atomic E-state index is 0.0654. The first kappa shape index (κ1) is 20.7. The Balaban J connectivity index is 1.94. The summed E-state index contributed by atoms with van der Waals surface area (Å²) in [5.74, 6) is -2.39. The summed E-state index contributed by atoms with van der Waals surface area (Å²) in [5.41, 5.74) is 0.213. The fraction of sp³-hybridized carbons (Fsp3) is 0.550. The SMILES string of the molecule is CC(C)(C)OC(=O)N1CC(C(=O)O)C[C@@H](CC(=O)OCc2ccccc2)C1. The Morgan fingerprint density at radius 2 is 1.81 bits per heavy atom. The van der Waals surface area contributed by atoms with Gasteiger partial charge in [0.15, 0.2) is 0 Å². The Morgan fingerprint density at radius 3 is 2.41 bits per heavy atom. The Morgan fingerprint density at radius 1 is 1.15 bits per heavy atom. The van der Waals surface area contributed by atoms with Gasteiger partial charge in [0.1, 0.15) is 12.2 Å². The number of amides is 1. The highest BCUT2D eigenvalue weighted by molar-refractivity contribution is 5.74. The lowest BCUT2D eigenvalue weighted by atomic mass is 9.87. The molecule has 1 aliphatic heterocycles. The molecule has 1 aromatic carbocycles. The van der Waals surface area contributed by atoms with Crippen molar-refractivity contribution in [1.29, 1.82) is 0 Å². The molecule has 1 amide bonds. The topological polar surface area (TPSA) is 93.1 Å². The van der Waals surface area contributed by atoms with Gasteiger partial charge in [0.25, 0.3) is 0 Å². The molecule has 27 heavy (non-hydrogen) atoms. The van der Waals surface area contributed by atoms with Gasteiger partial charge in [0.2, 0.25) is 0 Å². The van der Waals surface area contributed by atoms with E-state index in [2.05, 4.69) is 0 Å². The zero-order chi connectivity index (χ0) is 20.0. The Hall–Kier alpha value is -2.57. The second kappa shape index (κ2) is 8.88. The zero-order valence-corrected chi connectivity index (χ0v) is 16.0. The van der Waals surface area contributed by atoms with Gasteiger partial charge in [-0.05, 0) is 38.7 Å². The van der Waals surface area contributed by atoms with Crippen molar-refractivity contribution < 1.29 is 29.0 Å². The minimum Gasteiger partial charge on any atom is -0.481 e. The number of ether oxygens (including phenoxy) is 2. The van der Waals surface area contributed by atoms with Crippen LogP contribution in [0.1, 0.15) is 39.2 Å². The van der Waals surface area contributed by atoms with E-state index in [4.69, 9.17) is 9.47 Å². The standard InChI is InChI=1S/C20H27NO6/c1-20(2,3)27-19(25)21-11-15(9-16(12-21)18(23)24)10-17(22)26-13-14-7-5-4-6-8-14/h4-8,15-16H,9-13H2,1-3H3,(H,23,24)/t15-,16?/m0/s1. The fourth-order valence-electron chi connectivity index (χ4n) is 3.04. The van der Waals surface area contributed by atoms with Gasteiger partial charge in [0, 0.05) is 13.1 Å². The van der Waals surface area contributed by atoms with E-state index in [0.717, 1.165) is 5.56 Å². The third-order valence-electron chi connectivity index (χ3n) is 4.24. The number of benzene rings is 1. The average molecular weight is 377 g/mol. The summed E-state index contributed by atoms with van der Waals surface area (Å²) in [6, 6.07) is 9.32. The van der Waals surface area contributed by atoms with E-state index >= 15 is 0 Å². The van der Waals surface area contributed by atoms with Crippen molar-refractivity contribution in [2.45, 2.75) is 45.8 Å². The van der Waals surface area contributed by atoms with Gasteiger partial charge in [0.05, 0.1) is 12.3 Å². The van der Waals surface area contributed by atoms with Crippen LogP contribution in [0, 0.1) is 11.8 Å². The number of piperidine rings is 1. The highest BCUT2D eigenvalue weighted by Gasteiger charge is 2.36. The quantitative estimate of drug-likeness (QED) is 0.793. The Kier molecular flexibility index (Phi) is 6.82. The third-order valence-corrected chi connectivity index (χ3v) is 4.24. The van der Waals surface area contributed by atoms with Crippen LogP contribution >= 0.6 is 0 Å². The van der Waals surface area contributed by atoms with Crippen molar-refractivity contribution in [3.05, 3.63) is 35.9 Å². The van der Waals surface area contributed by atoms with Gasteiger partial charge in [-0.1, -0.05) is 30.3 Å². The van der Waals surface area contributed by atoms with E-state index in [1.807, 2.05) is 30.3 Å². The van der Waals surface area contributed by atoms with E-state index in [0.29, 0.717) is 6.42 Å². The van der Waals surface area contributed by atoms with Gasteiger partial charge in [-0.15, -0.1) is 0 Å². The molecular weight excluding hydrogens is 350 g/mol. The van der Waals surface area contributed by atoms with Gasteiger partial charge >= 0.3 is 18.0 Å². The van der Waals surface area contributed by atoms with Crippen LogP contribution in [0.3, 0.4) is 0 Å². The van der Waals surface area contributed by atoms with Crippen LogP contribution in [0.2, 0.25) is 0 Å². The second-order valence-corrected chi connectivity index (χ2v) is 7.87. The fourth-order valence-corrected chi connectivity index (χ4v) is 3.04. The van der Waals surface area contributed by atoms with Gasteiger partial charge in [-0.2, -0.15) is 0 Å². The van der Waals surface area contributed by atoms with Crippen molar-refractivity contribution in [3.63, 3.8) is 0 Å². The van der Waals surface area contributed by atoms with Crippen LogP contribution in [0.25, 0.3) is 0 Å². The zero-order valence-electron chi connectivity index (χ0n) is 16.0. The number of rotatable bonds is 5. The lowest BCUT2D eigenvalue weighted by molar-refractivity contribution is -0.149. The first-order valence-corrected chi connectivity index (χ1v) is 9.04. The molecule has 1 unspecified atom stereocenters. The molecule has 148 valence electrons. The van der Waals surface area contributed by atoms with Crippen LogP contribution in [0.4, 0.5) is 4.79 Å². The number of aliphatic carboxylic acids is 1. The molecule has 0 saturated carbocycles. The number of carbonyl (C=O) groups excluding carboxylic acids is 2. The number of esters is 1. The number of hydrogen-bond donors (Lipinski definition) is 1. The summed E-state index contributed by atoms with van der Waals surface area (Å²) < 4.78 is 10.6. The van der Waals surface area contributed by atoms with Gasteiger partial charge < -0.3 is 19.5 Å². The number of carboxylic acid groups (broad SMARTS) is 1. The molecule has 1 fully saturated rings. The first-order chi connectivity index (χ1) is 12.6. The van der Waals surface area contributed by atoms with E-state index in [9.17, 15) is 19.5 Å². The molecule has 1 saturated heterocycles. The molecule has 1 heterocycles. The van der Waals surface area contributed by atoms with Crippen LogP contribution in [0.5, 0.6) is 0 Å². The number of likely N-dealkylation sites (tertiary alicyclic amines) is 1. The molecule has 0 aliphatic carbocycles.